The van der Waals surface area contributed by atoms with Gasteiger partial charge >= 0.3 is 0 Å². The normalized spacial score (nSPS) is 20.9. The quantitative estimate of drug-likeness (QED) is 0.735. The molecule has 0 saturated carbocycles. The number of carbonyl (C=O) groups is 2. The Labute approximate surface area is 122 Å². The van der Waals surface area contributed by atoms with Crippen LogP contribution >= 0.6 is 0 Å². The predicted molar refractivity (Wildman–Crippen MR) is 80.0 cm³/mol. The average molecular weight is 283 g/mol. The lowest BCUT2D eigenvalue weighted by atomic mass is 9.88. The predicted octanol–water partition coefficient (Wildman–Crippen LogP) is 1.12. The van der Waals surface area contributed by atoms with E-state index in [2.05, 4.69) is 19.2 Å². The monoisotopic (exact) mass is 283 g/mol. The van der Waals surface area contributed by atoms with Crippen molar-refractivity contribution in [3.8, 4) is 0 Å². The molecule has 0 aromatic heterocycles. The number of nitrogens with zero attached hydrogens (tertiary/aromatic N) is 1. The minimum Gasteiger partial charge on any atom is -0.353 e. The highest BCUT2D eigenvalue weighted by atomic mass is 16.2. The first-order valence-electron chi connectivity index (χ1n) is 7.78. The molecule has 0 aromatic carbocycles. The molecule has 1 aliphatic rings. The highest BCUT2D eigenvalue weighted by molar-refractivity contribution is 5.88. The molecule has 0 bridgehead atoms. The molecule has 3 N–H and O–H groups in total. The molecule has 0 spiro atoms. The van der Waals surface area contributed by atoms with Gasteiger partial charge in [0.25, 0.3) is 0 Å². The standard InChI is InChI=1S/C15H29N3O2/c1-4-13-15(20)17-9-10-18(13)14(19)6-5-12(7-8-16)11(2)3/h11-13H,4-10,16H2,1-3H3,(H,17,20). The first-order chi connectivity index (χ1) is 9.51. The number of hydrogen-bond acceptors (Lipinski definition) is 3. The Bertz CT molecular complexity index is 331. The Hall–Kier alpha value is -1.10. The van der Waals surface area contributed by atoms with Crippen molar-refractivity contribution < 1.29 is 9.59 Å². The van der Waals surface area contributed by atoms with Gasteiger partial charge in [0, 0.05) is 19.5 Å². The van der Waals surface area contributed by atoms with Crippen molar-refractivity contribution >= 4 is 11.8 Å². The number of nitrogens with one attached hydrogen (secondary N) is 1. The Morgan fingerprint density at radius 2 is 2.15 bits per heavy atom. The molecule has 1 fully saturated rings. The smallest absolute Gasteiger partial charge is 0.242 e. The van der Waals surface area contributed by atoms with E-state index in [1.165, 1.54) is 0 Å². The summed E-state index contributed by atoms with van der Waals surface area (Å²) in [4.78, 5) is 25.9. The fourth-order valence-electron chi connectivity index (χ4n) is 2.90. The lowest BCUT2D eigenvalue weighted by molar-refractivity contribution is -0.143. The average Bonchev–Trinajstić information content (AvgIpc) is 2.42. The second kappa shape index (κ2) is 8.25. The van der Waals surface area contributed by atoms with Crippen LogP contribution in [0, 0.1) is 11.8 Å². The van der Waals surface area contributed by atoms with Gasteiger partial charge in [-0.1, -0.05) is 20.8 Å². The summed E-state index contributed by atoms with van der Waals surface area (Å²) in [7, 11) is 0. The second-order valence-electron chi connectivity index (χ2n) is 5.92. The van der Waals surface area contributed by atoms with Gasteiger partial charge in [0.1, 0.15) is 6.04 Å². The lowest BCUT2D eigenvalue weighted by Crippen LogP contribution is -2.56. The van der Waals surface area contributed by atoms with Crippen LogP contribution in [0.1, 0.15) is 46.5 Å². The molecular weight excluding hydrogens is 254 g/mol. The largest absolute Gasteiger partial charge is 0.353 e. The lowest BCUT2D eigenvalue weighted by Gasteiger charge is -2.35. The van der Waals surface area contributed by atoms with Gasteiger partial charge in [-0.2, -0.15) is 0 Å². The van der Waals surface area contributed by atoms with Crippen LogP contribution < -0.4 is 11.1 Å². The van der Waals surface area contributed by atoms with Crippen LogP contribution in [0.2, 0.25) is 0 Å². The van der Waals surface area contributed by atoms with Crippen LogP contribution in [0.25, 0.3) is 0 Å². The molecule has 1 aliphatic heterocycles. The van der Waals surface area contributed by atoms with E-state index in [1.54, 1.807) is 4.90 Å². The Morgan fingerprint density at radius 3 is 2.70 bits per heavy atom. The van der Waals surface area contributed by atoms with Crippen LogP contribution in [-0.2, 0) is 9.59 Å². The van der Waals surface area contributed by atoms with Crippen molar-refractivity contribution in [3.63, 3.8) is 0 Å². The summed E-state index contributed by atoms with van der Waals surface area (Å²) in [5.74, 6) is 1.12. The van der Waals surface area contributed by atoms with Gasteiger partial charge in [-0.15, -0.1) is 0 Å². The zero-order chi connectivity index (χ0) is 15.1. The molecule has 0 aliphatic carbocycles. The number of rotatable bonds is 7. The van der Waals surface area contributed by atoms with E-state index in [9.17, 15) is 9.59 Å². The van der Waals surface area contributed by atoms with Gasteiger partial charge < -0.3 is 16.0 Å². The summed E-state index contributed by atoms with van der Waals surface area (Å²) in [6.45, 7) is 8.16. The molecule has 20 heavy (non-hydrogen) atoms. The maximum Gasteiger partial charge on any atom is 0.242 e. The van der Waals surface area contributed by atoms with Crippen LogP contribution in [0.4, 0.5) is 0 Å². The third-order valence-electron chi connectivity index (χ3n) is 4.25. The maximum atomic E-state index is 12.4. The maximum absolute atomic E-state index is 12.4. The summed E-state index contributed by atoms with van der Waals surface area (Å²) in [5.41, 5.74) is 5.63. The van der Waals surface area contributed by atoms with Crippen molar-refractivity contribution in [2.45, 2.75) is 52.5 Å². The molecule has 1 rings (SSSR count). The molecule has 5 nitrogen and oxygen atoms in total. The van der Waals surface area contributed by atoms with Crippen LogP contribution in [-0.4, -0.2) is 42.4 Å². The fourth-order valence-corrected chi connectivity index (χ4v) is 2.90. The first kappa shape index (κ1) is 17.0. The van der Waals surface area contributed by atoms with Crippen molar-refractivity contribution in [1.82, 2.24) is 10.2 Å². The second-order valence-corrected chi connectivity index (χ2v) is 5.92. The zero-order valence-electron chi connectivity index (χ0n) is 13.0. The third-order valence-corrected chi connectivity index (χ3v) is 4.25. The first-order valence-corrected chi connectivity index (χ1v) is 7.78. The molecule has 1 saturated heterocycles. The van der Waals surface area contributed by atoms with E-state index in [1.807, 2.05) is 6.92 Å². The van der Waals surface area contributed by atoms with E-state index in [4.69, 9.17) is 5.73 Å². The molecule has 5 heteroatoms. The highest BCUT2D eigenvalue weighted by Gasteiger charge is 2.31. The Morgan fingerprint density at radius 1 is 1.45 bits per heavy atom. The van der Waals surface area contributed by atoms with Gasteiger partial charge in [-0.25, -0.2) is 0 Å². The molecule has 2 amide bonds. The SMILES string of the molecule is CCC1C(=O)NCCN1C(=O)CCC(CCN)C(C)C. The summed E-state index contributed by atoms with van der Waals surface area (Å²) in [6, 6.07) is -0.289. The molecule has 0 radical (unpaired) electrons. The molecule has 0 aromatic rings. The van der Waals surface area contributed by atoms with Crippen molar-refractivity contribution in [3.05, 3.63) is 0 Å². The number of nitrogens with two attached hydrogens (primary N) is 1. The minimum absolute atomic E-state index is 0.0190. The number of piperazine rings is 1. The molecule has 2 atom stereocenters. The van der Waals surface area contributed by atoms with Crippen LogP contribution in [0.3, 0.4) is 0 Å². The summed E-state index contributed by atoms with van der Waals surface area (Å²) >= 11 is 0. The van der Waals surface area contributed by atoms with Crippen molar-refractivity contribution in [2.24, 2.45) is 17.6 Å². The van der Waals surface area contributed by atoms with Gasteiger partial charge in [0.05, 0.1) is 0 Å². The van der Waals surface area contributed by atoms with Gasteiger partial charge in [-0.05, 0) is 37.6 Å². The van der Waals surface area contributed by atoms with Gasteiger partial charge in [0.2, 0.25) is 11.8 Å². The van der Waals surface area contributed by atoms with Crippen LogP contribution in [0.5, 0.6) is 0 Å². The van der Waals surface area contributed by atoms with Crippen molar-refractivity contribution in [2.75, 3.05) is 19.6 Å². The van der Waals surface area contributed by atoms with E-state index in [-0.39, 0.29) is 17.9 Å². The van der Waals surface area contributed by atoms with E-state index < -0.39 is 0 Å². The third kappa shape index (κ3) is 4.47. The van der Waals surface area contributed by atoms with Gasteiger partial charge in [-0.3, -0.25) is 9.59 Å². The Kier molecular flexibility index (Phi) is 6.99. The number of carbonyl (C=O) groups excluding carboxylic acids is 2. The number of amides is 2. The molecule has 1 heterocycles. The minimum atomic E-state index is -0.289. The van der Waals surface area contributed by atoms with E-state index >= 15 is 0 Å². The topological polar surface area (TPSA) is 75.4 Å². The molecule has 116 valence electrons. The zero-order valence-corrected chi connectivity index (χ0v) is 13.0. The Balaban J connectivity index is 2.54. The number of hydrogen-bond donors (Lipinski definition) is 2. The van der Waals surface area contributed by atoms with Crippen molar-refractivity contribution in [1.29, 1.82) is 0 Å². The van der Waals surface area contributed by atoms with Gasteiger partial charge in [0.15, 0.2) is 0 Å². The summed E-state index contributed by atoms with van der Waals surface area (Å²) in [6.07, 6.45) is 3.02. The highest BCUT2D eigenvalue weighted by Crippen LogP contribution is 2.21. The van der Waals surface area contributed by atoms with E-state index in [0.717, 1.165) is 12.8 Å². The van der Waals surface area contributed by atoms with Crippen LogP contribution in [0.15, 0.2) is 0 Å². The fraction of sp³-hybridized carbons (Fsp3) is 0.867. The van der Waals surface area contributed by atoms with E-state index in [0.29, 0.717) is 44.3 Å². The molecular formula is C15H29N3O2. The molecule has 2 unspecified atom stereocenters. The summed E-state index contributed by atoms with van der Waals surface area (Å²) < 4.78 is 0. The summed E-state index contributed by atoms with van der Waals surface area (Å²) in [5, 5.41) is 2.82.